The molecule has 2 heteroatoms. The Bertz CT molecular complexity index is 570. The summed E-state index contributed by atoms with van der Waals surface area (Å²) in [6.07, 6.45) is 4.16. The average Bonchev–Trinajstić information content (AvgIpc) is 2.47. The van der Waals surface area contributed by atoms with Gasteiger partial charge in [0.15, 0.2) is 0 Å². The average molecular weight is 238 g/mol. The first kappa shape index (κ1) is 10.9. The number of rotatable bonds is 2. The van der Waals surface area contributed by atoms with Crippen LogP contribution >= 0.6 is 0 Å². The van der Waals surface area contributed by atoms with Crippen molar-refractivity contribution in [3.63, 3.8) is 0 Å². The zero-order chi connectivity index (χ0) is 12.4. The molecule has 0 amide bonds. The van der Waals surface area contributed by atoms with Crippen molar-refractivity contribution < 1.29 is 9.47 Å². The highest BCUT2D eigenvalue weighted by Gasteiger charge is 2.15. The fourth-order valence-corrected chi connectivity index (χ4v) is 2.07. The molecule has 0 N–H and O–H groups in total. The number of hydrogen-bond acceptors (Lipinski definition) is 2. The van der Waals surface area contributed by atoms with Crippen molar-refractivity contribution in [3.05, 3.63) is 65.7 Å². The van der Waals surface area contributed by atoms with E-state index in [0.29, 0.717) is 0 Å². The van der Waals surface area contributed by atoms with Crippen molar-refractivity contribution in [2.45, 2.75) is 6.10 Å². The molecule has 90 valence electrons. The van der Waals surface area contributed by atoms with E-state index in [4.69, 9.17) is 9.47 Å². The molecule has 0 aromatic heterocycles. The first-order chi connectivity index (χ1) is 8.86. The molecule has 0 saturated carbocycles. The van der Waals surface area contributed by atoms with E-state index in [0.717, 1.165) is 22.6 Å². The van der Waals surface area contributed by atoms with Crippen molar-refractivity contribution >= 4 is 6.08 Å². The summed E-state index contributed by atoms with van der Waals surface area (Å²) in [5.74, 6) is 1.79. The minimum Gasteiger partial charge on any atom is -0.497 e. The van der Waals surface area contributed by atoms with Crippen LogP contribution in [0, 0.1) is 0 Å². The van der Waals surface area contributed by atoms with Gasteiger partial charge in [-0.25, -0.2) is 0 Å². The van der Waals surface area contributed by atoms with Crippen molar-refractivity contribution in [3.8, 4) is 11.5 Å². The van der Waals surface area contributed by atoms with Gasteiger partial charge in [0.1, 0.15) is 17.6 Å². The van der Waals surface area contributed by atoms with Gasteiger partial charge in [-0.3, -0.25) is 0 Å². The Labute approximate surface area is 106 Å². The standard InChI is InChI=1S/C16H14O2/c1-17-14-9-6-13(7-10-14)16-11-8-12-4-2-3-5-15(12)18-16/h2-11,16H,1H3/t16-/m1/s1. The number of methoxy groups -OCH3 is 1. The van der Waals surface area contributed by atoms with Gasteiger partial charge in [-0.2, -0.15) is 0 Å². The second-order valence-corrected chi connectivity index (χ2v) is 4.21. The van der Waals surface area contributed by atoms with Gasteiger partial charge in [-0.05, 0) is 29.8 Å². The first-order valence-corrected chi connectivity index (χ1v) is 5.94. The molecule has 0 bridgehead atoms. The topological polar surface area (TPSA) is 18.5 Å². The maximum atomic E-state index is 5.96. The molecule has 0 spiro atoms. The number of para-hydroxylation sites is 1. The second-order valence-electron chi connectivity index (χ2n) is 4.21. The highest BCUT2D eigenvalue weighted by molar-refractivity contribution is 5.60. The van der Waals surface area contributed by atoms with E-state index in [-0.39, 0.29) is 6.10 Å². The summed E-state index contributed by atoms with van der Waals surface area (Å²) in [4.78, 5) is 0. The summed E-state index contributed by atoms with van der Waals surface area (Å²) in [7, 11) is 1.67. The van der Waals surface area contributed by atoms with Gasteiger partial charge in [0, 0.05) is 5.56 Å². The zero-order valence-corrected chi connectivity index (χ0v) is 10.2. The minimum absolute atomic E-state index is 0.0224. The van der Waals surface area contributed by atoms with Gasteiger partial charge in [-0.1, -0.05) is 36.4 Å². The molecule has 2 aromatic carbocycles. The summed E-state index contributed by atoms with van der Waals surface area (Å²) in [5, 5.41) is 0. The van der Waals surface area contributed by atoms with Crippen molar-refractivity contribution in [2.24, 2.45) is 0 Å². The van der Waals surface area contributed by atoms with Gasteiger partial charge in [-0.15, -0.1) is 0 Å². The van der Waals surface area contributed by atoms with Crippen LogP contribution in [0.3, 0.4) is 0 Å². The van der Waals surface area contributed by atoms with Gasteiger partial charge in [0.05, 0.1) is 7.11 Å². The lowest BCUT2D eigenvalue weighted by atomic mass is 10.0. The summed E-state index contributed by atoms with van der Waals surface area (Å²) in [6, 6.07) is 16.0. The lowest BCUT2D eigenvalue weighted by Gasteiger charge is -2.21. The normalized spacial score (nSPS) is 16.8. The summed E-state index contributed by atoms with van der Waals surface area (Å²) < 4.78 is 11.1. The second kappa shape index (κ2) is 4.57. The smallest absolute Gasteiger partial charge is 0.142 e. The van der Waals surface area contributed by atoms with Gasteiger partial charge >= 0.3 is 0 Å². The lowest BCUT2D eigenvalue weighted by molar-refractivity contribution is 0.251. The molecule has 1 aliphatic rings. The van der Waals surface area contributed by atoms with Crippen LogP contribution in [0.2, 0.25) is 0 Å². The Balaban J connectivity index is 1.87. The Hall–Kier alpha value is -2.22. The number of ether oxygens (including phenoxy) is 2. The summed E-state index contributed by atoms with van der Waals surface area (Å²) in [6.45, 7) is 0. The minimum atomic E-state index is -0.0224. The van der Waals surface area contributed by atoms with E-state index in [1.807, 2.05) is 42.5 Å². The summed E-state index contributed by atoms with van der Waals surface area (Å²) >= 11 is 0. The number of hydrogen-bond donors (Lipinski definition) is 0. The molecule has 1 aliphatic heterocycles. The molecule has 1 atom stereocenters. The number of fused-ring (bicyclic) bond motifs is 1. The van der Waals surface area contributed by atoms with Crippen LogP contribution in [0.5, 0.6) is 11.5 Å². The first-order valence-electron chi connectivity index (χ1n) is 5.94. The maximum absolute atomic E-state index is 5.96. The van der Waals surface area contributed by atoms with E-state index < -0.39 is 0 Å². The Morgan fingerprint density at radius 1 is 1.00 bits per heavy atom. The van der Waals surface area contributed by atoms with Gasteiger partial charge in [0.25, 0.3) is 0 Å². The zero-order valence-electron chi connectivity index (χ0n) is 10.2. The molecule has 18 heavy (non-hydrogen) atoms. The van der Waals surface area contributed by atoms with Crippen LogP contribution in [0.25, 0.3) is 6.08 Å². The molecule has 0 radical (unpaired) electrons. The highest BCUT2D eigenvalue weighted by atomic mass is 16.5. The molecule has 0 saturated heterocycles. The largest absolute Gasteiger partial charge is 0.497 e. The van der Waals surface area contributed by atoms with Crippen LogP contribution in [0.4, 0.5) is 0 Å². The van der Waals surface area contributed by atoms with Gasteiger partial charge in [0.2, 0.25) is 0 Å². The van der Waals surface area contributed by atoms with Crippen LogP contribution in [-0.2, 0) is 0 Å². The van der Waals surface area contributed by atoms with E-state index >= 15 is 0 Å². The fraction of sp³-hybridized carbons (Fsp3) is 0.125. The molecule has 1 heterocycles. The van der Waals surface area contributed by atoms with Crippen molar-refractivity contribution in [2.75, 3.05) is 7.11 Å². The third kappa shape index (κ3) is 1.97. The van der Waals surface area contributed by atoms with Gasteiger partial charge < -0.3 is 9.47 Å². The molecule has 3 rings (SSSR count). The fourth-order valence-electron chi connectivity index (χ4n) is 2.07. The quantitative estimate of drug-likeness (QED) is 0.791. The molecular formula is C16H14O2. The molecular weight excluding hydrogens is 224 g/mol. The van der Waals surface area contributed by atoms with E-state index in [1.165, 1.54) is 0 Å². The van der Waals surface area contributed by atoms with E-state index in [1.54, 1.807) is 7.11 Å². The van der Waals surface area contributed by atoms with E-state index in [2.05, 4.69) is 18.2 Å². The number of benzene rings is 2. The highest BCUT2D eigenvalue weighted by Crippen LogP contribution is 2.32. The van der Waals surface area contributed by atoms with Crippen LogP contribution < -0.4 is 9.47 Å². The molecule has 2 nitrogen and oxygen atoms in total. The molecule has 2 aromatic rings. The van der Waals surface area contributed by atoms with Crippen LogP contribution in [0.15, 0.2) is 54.6 Å². The Kier molecular flexibility index (Phi) is 2.77. The molecule has 0 fully saturated rings. The van der Waals surface area contributed by atoms with Crippen molar-refractivity contribution in [1.82, 2.24) is 0 Å². The molecule has 0 aliphatic carbocycles. The molecule has 0 unspecified atom stereocenters. The predicted molar refractivity (Wildman–Crippen MR) is 71.8 cm³/mol. The Morgan fingerprint density at radius 3 is 2.56 bits per heavy atom. The van der Waals surface area contributed by atoms with Crippen LogP contribution in [0.1, 0.15) is 17.2 Å². The van der Waals surface area contributed by atoms with E-state index in [9.17, 15) is 0 Å². The third-order valence-electron chi connectivity index (χ3n) is 3.07. The lowest BCUT2D eigenvalue weighted by Crippen LogP contribution is -2.08. The third-order valence-corrected chi connectivity index (χ3v) is 3.07. The summed E-state index contributed by atoms with van der Waals surface area (Å²) in [5.41, 5.74) is 2.25. The monoisotopic (exact) mass is 238 g/mol. The maximum Gasteiger partial charge on any atom is 0.142 e. The SMILES string of the molecule is COc1ccc([C@H]2C=Cc3ccccc3O2)cc1. The van der Waals surface area contributed by atoms with Crippen molar-refractivity contribution in [1.29, 1.82) is 0 Å². The van der Waals surface area contributed by atoms with Crippen LogP contribution in [-0.4, -0.2) is 7.11 Å². The Morgan fingerprint density at radius 2 is 1.78 bits per heavy atom. The predicted octanol–water partition coefficient (Wildman–Crippen LogP) is 3.84.